The van der Waals surface area contributed by atoms with E-state index in [2.05, 4.69) is 41.5 Å². The van der Waals surface area contributed by atoms with Gasteiger partial charge in [0.15, 0.2) is 0 Å². The van der Waals surface area contributed by atoms with Crippen LogP contribution in [0.15, 0.2) is 24.3 Å². The highest BCUT2D eigenvalue weighted by Crippen LogP contribution is 2.32. The summed E-state index contributed by atoms with van der Waals surface area (Å²) in [6.07, 6.45) is 4.06. The molecule has 0 radical (unpaired) electrons. The molecule has 1 fully saturated rings. The van der Waals surface area contributed by atoms with Crippen LogP contribution in [0.5, 0.6) is 0 Å². The van der Waals surface area contributed by atoms with Gasteiger partial charge in [0, 0.05) is 23.8 Å². The first-order valence-corrected chi connectivity index (χ1v) is 10.7. The molecule has 27 heavy (non-hydrogen) atoms. The lowest BCUT2D eigenvalue weighted by Gasteiger charge is -2.39. The van der Waals surface area contributed by atoms with Gasteiger partial charge < -0.3 is 9.64 Å². The highest BCUT2D eigenvalue weighted by atomic mass is 35.5. The van der Waals surface area contributed by atoms with Crippen LogP contribution < -0.4 is 4.90 Å². The molecule has 1 N–H and O–H groups in total. The standard InChI is InChI=1S/C23H36ClNO2/c1-7-8-17(2)16-25-22(3,4)15-20(23(25,5)6)21(26)27-14-13-18-9-11-19(24)12-10-18/h9-12,17,20H,7-8,13-16H2,1-6H3/p+1. The zero-order chi connectivity index (χ0) is 20.2. The molecule has 0 amide bonds. The molecule has 0 bridgehead atoms. The Bertz CT molecular complexity index is 624. The average Bonchev–Trinajstić information content (AvgIpc) is 2.76. The minimum Gasteiger partial charge on any atom is -0.465 e. The highest BCUT2D eigenvalue weighted by Gasteiger charge is 2.58. The first kappa shape index (κ1) is 22.2. The number of hydrogen-bond acceptors (Lipinski definition) is 2. The van der Waals surface area contributed by atoms with Crippen molar-refractivity contribution in [3.8, 4) is 0 Å². The molecule has 1 heterocycles. The normalized spacial score (nSPS) is 24.6. The van der Waals surface area contributed by atoms with E-state index in [0.717, 1.165) is 30.0 Å². The number of quaternary nitrogens is 1. The van der Waals surface area contributed by atoms with Crippen molar-refractivity contribution in [2.45, 2.75) is 78.3 Å². The molecule has 1 aliphatic heterocycles. The molecule has 3 nitrogen and oxygen atoms in total. The smallest absolute Gasteiger partial charge is 0.315 e. The molecule has 1 aliphatic rings. The van der Waals surface area contributed by atoms with Gasteiger partial charge in [-0.05, 0) is 51.8 Å². The monoisotopic (exact) mass is 394 g/mol. The van der Waals surface area contributed by atoms with Crippen molar-refractivity contribution in [1.82, 2.24) is 0 Å². The Morgan fingerprint density at radius 2 is 1.89 bits per heavy atom. The predicted octanol–water partition coefficient (Wildman–Crippen LogP) is 4.32. The molecular formula is C23H37ClNO2+. The van der Waals surface area contributed by atoms with E-state index in [1.807, 2.05) is 24.3 Å². The van der Waals surface area contributed by atoms with Crippen molar-refractivity contribution in [3.63, 3.8) is 0 Å². The predicted molar refractivity (Wildman–Crippen MR) is 112 cm³/mol. The summed E-state index contributed by atoms with van der Waals surface area (Å²) >= 11 is 5.92. The lowest BCUT2D eigenvalue weighted by Crippen LogP contribution is -3.24. The van der Waals surface area contributed by atoms with Gasteiger partial charge >= 0.3 is 5.97 Å². The summed E-state index contributed by atoms with van der Waals surface area (Å²) in [6.45, 7) is 15.2. The fraction of sp³-hybridized carbons (Fsp3) is 0.696. The number of likely N-dealkylation sites (tertiary alicyclic amines) is 1. The summed E-state index contributed by atoms with van der Waals surface area (Å²) in [5, 5.41) is 0.728. The summed E-state index contributed by atoms with van der Waals surface area (Å²) in [5.74, 6) is 0.574. The number of carbonyl (C=O) groups is 1. The second-order valence-electron chi connectivity index (χ2n) is 9.48. The molecule has 1 aromatic rings. The third kappa shape index (κ3) is 5.48. The van der Waals surface area contributed by atoms with Crippen LogP contribution in [-0.4, -0.2) is 30.2 Å². The van der Waals surface area contributed by atoms with Crippen LogP contribution in [0, 0.1) is 11.8 Å². The van der Waals surface area contributed by atoms with Crippen molar-refractivity contribution in [3.05, 3.63) is 34.9 Å². The van der Waals surface area contributed by atoms with Gasteiger partial charge in [0.05, 0.1) is 18.7 Å². The van der Waals surface area contributed by atoms with E-state index in [0.29, 0.717) is 12.5 Å². The molecule has 0 aromatic heterocycles. The number of esters is 1. The number of halogens is 1. The van der Waals surface area contributed by atoms with Gasteiger partial charge in [-0.25, -0.2) is 0 Å². The number of carbonyl (C=O) groups excluding carboxylic acids is 1. The van der Waals surface area contributed by atoms with Crippen molar-refractivity contribution in [1.29, 1.82) is 0 Å². The molecule has 1 aromatic carbocycles. The first-order chi connectivity index (χ1) is 12.6. The van der Waals surface area contributed by atoms with E-state index >= 15 is 0 Å². The topological polar surface area (TPSA) is 30.7 Å². The van der Waals surface area contributed by atoms with Gasteiger partial charge in [-0.3, -0.25) is 4.79 Å². The lowest BCUT2D eigenvalue weighted by atomic mass is 9.87. The van der Waals surface area contributed by atoms with E-state index in [1.54, 1.807) is 0 Å². The molecule has 0 aliphatic carbocycles. The zero-order valence-corrected chi connectivity index (χ0v) is 18.7. The maximum atomic E-state index is 12.9. The fourth-order valence-electron chi connectivity index (χ4n) is 4.85. The van der Waals surface area contributed by atoms with E-state index in [-0.39, 0.29) is 23.0 Å². The van der Waals surface area contributed by atoms with E-state index < -0.39 is 0 Å². The van der Waals surface area contributed by atoms with E-state index in [9.17, 15) is 4.79 Å². The van der Waals surface area contributed by atoms with E-state index in [1.165, 1.54) is 17.7 Å². The average molecular weight is 395 g/mol. The maximum Gasteiger partial charge on any atom is 0.315 e. The van der Waals surface area contributed by atoms with Crippen LogP contribution in [0.2, 0.25) is 5.02 Å². The molecule has 0 saturated carbocycles. The van der Waals surface area contributed by atoms with Gasteiger partial charge in [0.1, 0.15) is 11.5 Å². The molecule has 3 atom stereocenters. The van der Waals surface area contributed by atoms with Crippen LogP contribution >= 0.6 is 11.6 Å². The Labute approximate surface area is 170 Å². The number of ether oxygens (including phenoxy) is 1. The van der Waals surface area contributed by atoms with Crippen LogP contribution in [0.25, 0.3) is 0 Å². The number of hydrogen-bond donors (Lipinski definition) is 1. The van der Waals surface area contributed by atoms with Crippen molar-refractivity contribution < 1.29 is 14.4 Å². The molecule has 0 spiro atoms. The Hall–Kier alpha value is -1.06. The molecule has 3 unspecified atom stereocenters. The molecular weight excluding hydrogens is 358 g/mol. The van der Waals surface area contributed by atoms with Gasteiger partial charge in [-0.1, -0.05) is 44.0 Å². The van der Waals surface area contributed by atoms with Crippen LogP contribution in [0.3, 0.4) is 0 Å². The summed E-state index contributed by atoms with van der Waals surface area (Å²) in [4.78, 5) is 14.4. The second-order valence-corrected chi connectivity index (χ2v) is 9.92. The SMILES string of the molecule is CCCC(C)C[NH+]1C(C)(C)CC(C(=O)OCCc2ccc(Cl)cc2)C1(C)C. The Balaban J connectivity index is 1.97. The minimum absolute atomic E-state index is 0.0415. The fourth-order valence-corrected chi connectivity index (χ4v) is 4.98. The third-order valence-corrected chi connectivity index (χ3v) is 6.60. The maximum absolute atomic E-state index is 12.9. The molecule has 152 valence electrons. The third-order valence-electron chi connectivity index (χ3n) is 6.35. The lowest BCUT2D eigenvalue weighted by molar-refractivity contribution is -0.982. The van der Waals surface area contributed by atoms with Crippen molar-refractivity contribution >= 4 is 17.6 Å². The summed E-state index contributed by atoms with van der Waals surface area (Å²) in [7, 11) is 0. The molecule has 4 heteroatoms. The van der Waals surface area contributed by atoms with Crippen LogP contribution in [0.4, 0.5) is 0 Å². The second kappa shape index (κ2) is 8.96. The Morgan fingerprint density at radius 1 is 1.26 bits per heavy atom. The molecule has 1 saturated heterocycles. The zero-order valence-electron chi connectivity index (χ0n) is 17.9. The van der Waals surface area contributed by atoms with Gasteiger partial charge in [-0.15, -0.1) is 0 Å². The first-order valence-electron chi connectivity index (χ1n) is 10.4. The number of benzene rings is 1. The van der Waals surface area contributed by atoms with Gasteiger partial charge in [0.2, 0.25) is 0 Å². The van der Waals surface area contributed by atoms with Gasteiger partial charge in [0.25, 0.3) is 0 Å². The summed E-state index contributed by atoms with van der Waals surface area (Å²) < 4.78 is 5.70. The Morgan fingerprint density at radius 3 is 2.48 bits per heavy atom. The summed E-state index contributed by atoms with van der Waals surface area (Å²) in [6, 6.07) is 7.72. The molecule has 2 rings (SSSR count). The minimum atomic E-state index is -0.108. The number of nitrogens with one attached hydrogen (secondary N) is 1. The largest absolute Gasteiger partial charge is 0.465 e. The van der Waals surface area contributed by atoms with Crippen LogP contribution in [0.1, 0.15) is 66.4 Å². The summed E-state index contributed by atoms with van der Waals surface area (Å²) in [5.41, 5.74) is 1.12. The van der Waals surface area contributed by atoms with Crippen molar-refractivity contribution in [2.75, 3.05) is 13.2 Å². The quantitative estimate of drug-likeness (QED) is 0.665. The highest BCUT2D eigenvalue weighted by molar-refractivity contribution is 6.30. The van der Waals surface area contributed by atoms with Gasteiger partial charge in [-0.2, -0.15) is 0 Å². The number of rotatable bonds is 8. The van der Waals surface area contributed by atoms with Crippen molar-refractivity contribution in [2.24, 2.45) is 11.8 Å². The Kier molecular flexibility index (Phi) is 7.38. The van der Waals surface area contributed by atoms with E-state index in [4.69, 9.17) is 16.3 Å². The van der Waals surface area contributed by atoms with Crippen LogP contribution in [-0.2, 0) is 16.0 Å².